The van der Waals surface area contributed by atoms with Crippen LogP contribution >= 0.6 is 0 Å². The fourth-order valence-electron chi connectivity index (χ4n) is 3.39. The molecule has 1 amide bonds. The summed E-state index contributed by atoms with van der Waals surface area (Å²) in [7, 11) is 1.27. The van der Waals surface area contributed by atoms with Crippen LogP contribution in [0, 0.1) is 0 Å². The molecule has 1 heterocycles. The van der Waals surface area contributed by atoms with E-state index < -0.39 is 30.8 Å². The molecule has 3 rings (SSSR count). The van der Waals surface area contributed by atoms with Crippen molar-refractivity contribution in [1.82, 2.24) is 0 Å². The number of hydrogen-bond acceptors (Lipinski definition) is 5. The molecule has 1 unspecified atom stereocenters. The number of alkyl halides is 2. The van der Waals surface area contributed by atoms with Gasteiger partial charge < -0.3 is 19.1 Å². The first-order valence-corrected chi connectivity index (χ1v) is 9.11. The molecule has 154 valence electrons. The van der Waals surface area contributed by atoms with Gasteiger partial charge in [0, 0.05) is 11.7 Å². The SMILES string of the molecule is COc1cccc(C(=O)OCC(=O)N2c3ccccc3CCC2C)c1OC(F)F. The average molecular weight is 405 g/mol. The van der Waals surface area contributed by atoms with E-state index in [2.05, 4.69) is 4.74 Å². The number of amides is 1. The molecule has 1 aliphatic heterocycles. The number of carbonyl (C=O) groups is 2. The van der Waals surface area contributed by atoms with Gasteiger partial charge in [-0.3, -0.25) is 4.79 Å². The fourth-order valence-corrected chi connectivity index (χ4v) is 3.39. The van der Waals surface area contributed by atoms with Crippen LogP contribution in [0.1, 0.15) is 29.3 Å². The Kier molecular flexibility index (Phi) is 6.31. The minimum atomic E-state index is -3.15. The highest BCUT2D eigenvalue weighted by Gasteiger charge is 2.29. The number of ether oxygens (including phenoxy) is 3. The van der Waals surface area contributed by atoms with E-state index in [1.165, 1.54) is 25.3 Å². The molecule has 0 N–H and O–H groups in total. The third-order valence-electron chi connectivity index (χ3n) is 4.74. The zero-order valence-corrected chi connectivity index (χ0v) is 16.1. The number of esters is 1. The Hall–Kier alpha value is -3.16. The standard InChI is InChI=1S/C21H21F2NO5/c1-13-10-11-14-6-3-4-8-16(14)24(13)18(25)12-28-20(26)15-7-5-9-17(27-2)19(15)29-21(22)23/h3-9,13,21H,10-12H2,1-2H3. The third kappa shape index (κ3) is 4.47. The van der Waals surface area contributed by atoms with Gasteiger partial charge in [0.1, 0.15) is 5.56 Å². The minimum Gasteiger partial charge on any atom is -0.493 e. The maximum Gasteiger partial charge on any atom is 0.387 e. The van der Waals surface area contributed by atoms with Gasteiger partial charge in [0.05, 0.1) is 7.11 Å². The van der Waals surface area contributed by atoms with Crippen LogP contribution in [-0.2, 0) is 16.0 Å². The van der Waals surface area contributed by atoms with Crippen molar-refractivity contribution in [3.63, 3.8) is 0 Å². The van der Waals surface area contributed by atoms with Gasteiger partial charge in [-0.15, -0.1) is 0 Å². The molecule has 0 aromatic heterocycles. The molecule has 0 saturated heterocycles. The minimum absolute atomic E-state index is 0.0374. The topological polar surface area (TPSA) is 65.1 Å². The molecule has 6 nitrogen and oxygen atoms in total. The molecule has 0 fully saturated rings. The maximum atomic E-state index is 12.8. The molecular weight excluding hydrogens is 384 g/mol. The summed E-state index contributed by atoms with van der Waals surface area (Å²) in [4.78, 5) is 26.8. The number of anilines is 1. The van der Waals surface area contributed by atoms with Gasteiger partial charge in [-0.1, -0.05) is 24.3 Å². The fraction of sp³-hybridized carbons (Fsp3) is 0.333. The van der Waals surface area contributed by atoms with E-state index in [1.54, 1.807) is 4.90 Å². The lowest BCUT2D eigenvalue weighted by molar-refractivity contribution is -0.122. The Labute approximate surface area is 167 Å². The van der Waals surface area contributed by atoms with E-state index in [9.17, 15) is 18.4 Å². The normalized spacial score (nSPS) is 15.6. The van der Waals surface area contributed by atoms with Crippen molar-refractivity contribution in [3.8, 4) is 11.5 Å². The quantitative estimate of drug-likeness (QED) is 0.684. The second-order valence-corrected chi connectivity index (χ2v) is 6.57. The summed E-state index contributed by atoms with van der Waals surface area (Å²) < 4.78 is 40.0. The van der Waals surface area contributed by atoms with E-state index in [0.29, 0.717) is 0 Å². The summed E-state index contributed by atoms with van der Waals surface area (Å²) in [6.45, 7) is -1.75. The van der Waals surface area contributed by atoms with Gasteiger partial charge >= 0.3 is 12.6 Å². The van der Waals surface area contributed by atoms with Crippen LogP contribution < -0.4 is 14.4 Å². The second kappa shape index (κ2) is 8.89. The highest BCUT2D eigenvalue weighted by molar-refractivity contribution is 5.99. The summed E-state index contributed by atoms with van der Waals surface area (Å²) in [5.41, 5.74) is 1.59. The summed E-state index contributed by atoms with van der Waals surface area (Å²) in [5, 5.41) is 0. The van der Waals surface area contributed by atoms with Gasteiger partial charge in [0.15, 0.2) is 18.1 Å². The van der Waals surface area contributed by atoms with Crippen molar-refractivity contribution in [1.29, 1.82) is 0 Å². The number of methoxy groups -OCH3 is 1. The lowest BCUT2D eigenvalue weighted by Gasteiger charge is -2.35. The molecule has 8 heteroatoms. The van der Waals surface area contributed by atoms with Gasteiger partial charge in [-0.05, 0) is 43.5 Å². The van der Waals surface area contributed by atoms with Crippen LogP contribution in [0.4, 0.5) is 14.5 Å². The molecule has 1 atom stereocenters. The molecule has 0 radical (unpaired) electrons. The Bertz CT molecular complexity index is 902. The van der Waals surface area contributed by atoms with Crippen LogP contribution in [0.5, 0.6) is 11.5 Å². The van der Waals surface area contributed by atoms with Crippen LogP contribution in [-0.4, -0.2) is 38.2 Å². The summed E-state index contributed by atoms with van der Waals surface area (Å²) >= 11 is 0. The largest absolute Gasteiger partial charge is 0.493 e. The first-order valence-electron chi connectivity index (χ1n) is 9.11. The number of carbonyl (C=O) groups excluding carboxylic acids is 2. The summed E-state index contributed by atoms with van der Waals surface area (Å²) in [6.07, 6.45) is 1.65. The predicted molar refractivity (Wildman–Crippen MR) is 102 cm³/mol. The Balaban J connectivity index is 1.75. The van der Waals surface area contributed by atoms with Crippen molar-refractivity contribution in [2.24, 2.45) is 0 Å². The molecule has 0 saturated carbocycles. The van der Waals surface area contributed by atoms with E-state index in [4.69, 9.17) is 9.47 Å². The molecular formula is C21H21F2NO5. The number of fused-ring (bicyclic) bond motifs is 1. The van der Waals surface area contributed by atoms with Gasteiger partial charge in [-0.25, -0.2) is 4.79 Å². The van der Waals surface area contributed by atoms with Crippen LogP contribution in [0.25, 0.3) is 0 Å². The lowest BCUT2D eigenvalue weighted by atomic mass is 9.96. The van der Waals surface area contributed by atoms with Crippen molar-refractivity contribution in [2.75, 3.05) is 18.6 Å². The highest BCUT2D eigenvalue weighted by Crippen LogP contribution is 2.33. The number of hydrogen-bond donors (Lipinski definition) is 0. The number of aryl methyl sites for hydroxylation is 1. The lowest BCUT2D eigenvalue weighted by Crippen LogP contribution is -2.44. The first kappa shape index (κ1) is 20.6. The van der Waals surface area contributed by atoms with Crippen molar-refractivity contribution < 1.29 is 32.6 Å². The summed E-state index contributed by atoms with van der Waals surface area (Å²) in [5.74, 6) is -1.81. The highest BCUT2D eigenvalue weighted by atomic mass is 19.3. The molecule has 29 heavy (non-hydrogen) atoms. The number of rotatable bonds is 6. The van der Waals surface area contributed by atoms with E-state index in [0.717, 1.165) is 24.1 Å². The average Bonchev–Trinajstić information content (AvgIpc) is 2.71. The Morgan fingerprint density at radius 2 is 1.93 bits per heavy atom. The Morgan fingerprint density at radius 3 is 2.66 bits per heavy atom. The van der Waals surface area contributed by atoms with Gasteiger partial charge in [0.25, 0.3) is 5.91 Å². The predicted octanol–water partition coefficient (Wildman–Crippen LogP) is 3.82. The van der Waals surface area contributed by atoms with Crippen LogP contribution in [0.2, 0.25) is 0 Å². The van der Waals surface area contributed by atoms with E-state index >= 15 is 0 Å². The monoisotopic (exact) mass is 405 g/mol. The smallest absolute Gasteiger partial charge is 0.387 e. The van der Waals surface area contributed by atoms with Crippen LogP contribution in [0.15, 0.2) is 42.5 Å². The van der Waals surface area contributed by atoms with Crippen molar-refractivity contribution >= 4 is 17.6 Å². The number of halogens is 2. The number of nitrogens with zero attached hydrogens (tertiary/aromatic N) is 1. The molecule has 1 aliphatic rings. The van der Waals surface area contributed by atoms with Crippen LogP contribution in [0.3, 0.4) is 0 Å². The number of para-hydroxylation sites is 2. The second-order valence-electron chi connectivity index (χ2n) is 6.57. The Morgan fingerprint density at radius 1 is 1.17 bits per heavy atom. The van der Waals surface area contributed by atoms with Gasteiger partial charge in [-0.2, -0.15) is 8.78 Å². The van der Waals surface area contributed by atoms with Crippen molar-refractivity contribution in [3.05, 3.63) is 53.6 Å². The maximum absolute atomic E-state index is 12.8. The van der Waals surface area contributed by atoms with E-state index in [1.807, 2.05) is 31.2 Å². The van der Waals surface area contributed by atoms with Gasteiger partial charge in [0.2, 0.25) is 0 Å². The third-order valence-corrected chi connectivity index (χ3v) is 4.74. The zero-order chi connectivity index (χ0) is 21.0. The molecule has 0 bridgehead atoms. The van der Waals surface area contributed by atoms with Crippen molar-refractivity contribution in [2.45, 2.75) is 32.4 Å². The molecule has 0 spiro atoms. The molecule has 0 aliphatic carbocycles. The summed E-state index contributed by atoms with van der Waals surface area (Å²) in [6, 6.07) is 11.6. The zero-order valence-electron chi connectivity index (χ0n) is 16.1. The van der Waals surface area contributed by atoms with E-state index in [-0.39, 0.29) is 17.4 Å². The number of benzene rings is 2. The first-order chi connectivity index (χ1) is 13.9. The molecule has 2 aromatic carbocycles. The molecule has 2 aromatic rings.